The van der Waals surface area contributed by atoms with Crippen LogP contribution in [0, 0.1) is 11.8 Å². The molecule has 2 aliphatic rings. The van der Waals surface area contributed by atoms with Crippen LogP contribution in [-0.2, 0) is 20.7 Å². The summed E-state index contributed by atoms with van der Waals surface area (Å²) in [4.78, 5) is 23.6. The summed E-state index contributed by atoms with van der Waals surface area (Å²) in [7, 11) is 0. The Hall–Kier alpha value is -1.85. The average Bonchev–Trinajstić information content (AvgIpc) is 3.09. The predicted molar refractivity (Wildman–Crippen MR) is 80.6 cm³/mol. The summed E-state index contributed by atoms with van der Waals surface area (Å²) < 4.78 is 5.49. The van der Waals surface area contributed by atoms with Crippen molar-refractivity contribution >= 4 is 23.5 Å². The lowest BCUT2D eigenvalue weighted by molar-refractivity contribution is -0.146. The Kier molecular flexibility index (Phi) is 4.18. The first-order chi connectivity index (χ1) is 10.6. The Balaban J connectivity index is 1.56. The first kappa shape index (κ1) is 15.1. The number of carboxylic acids is 1. The molecule has 2 bridgehead atoms. The predicted octanol–water partition coefficient (Wildman–Crippen LogP) is 1.65. The van der Waals surface area contributed by atoms with E-state index in [9.17, 15) is 14.7 Å². The normalized spacial score (nSPS) is 28.8. The third-order valence-electron chi connectivity index (χ3n) is 4.11. The van der Waals surface area contributed by atoms with Gasteiger partial charge in [-0.05, 0) is 24.1 Å². The van der Waals surface area contributed by atoms with Crippen molar-refractivity contribution in [2.24, 2.45) is 11.8 Å². The van der Waals surface area contributed by atoms with E-state index in [1.165, 1.54) is 0 Å². The number of ether oxygens (including phenoxy) is 1. The lowest BCUT2D eigenvalue weighted by atomic mass is 9.82. The van der Waals surface area contributed by atoms with Gasteiger partial charge in [-0.25, -0.2) is 0 Å². The van der Waals surface area contributed by atoms with Crippen molar-refractivity contribution in [1.82, 2.24) is 5.32 Å². The molecule has 1 fully saturated rings. The second-order valence-corrected chi connectivity index (χ2v) is 5.94. The number of benzene rings is 1. The van der Waals surface area contributed by atoms with Gasteiger partial charge in [0.05, 0.1) is 18.1 Å². The molecule has 1 amide bonds. The fourth-order valence-corrected chi connectivity index (χ4v) is 3.14. The summed E-state index contributed by atoms with van der Waals surface area (Å²) in [5.41, 5.74) is 1.06. The molecule has 1 saturated heterocycles. The third kappa shape index (κ3) is 2.87. The van der Waals surface area contributed by atoms with Gasteiger partial charge in [-0.2, -0.15) is 0 Å². The van der Waals surface area contributed by atoms with Crippen molar-refractivity contribution < 1.29 is 19.4 Å². The van der Waals surface area contributed by atoms with Gasteiger partial charge in [0, 0.05) is 11.6 Å². The Bertz CT molecular complexity index is 613. The molecule has 0 unspecified atom stereocenters. The van der Waals surface area contributed by atoms with E-state index in [4.69, 9.17) is 16.3 Å². The van der Waals surface area contributed by atoms with Crippen molar-refractivity contribution in [2.75, 3.05) is 6.54 Å². The molecule has 1 aromatic carbocycles. The molecule has 5 nitrogen and oxygen atoms in total. The number of nitrogens with one attached hydrogen (secondary N) is 1. The number of rotatable bonds is 5. The van der Waals surface area contributed by atoms with Gasteiger partial charge in [0.15, 0.2) is 0 Å². The van der Waals surface area contributed by atoms with E-state index >= 15 is 0 Å². The van der Waals surface area contributed by atoms with Crippen LogP contribution in [0.25, 0.3) is 0 Å². The molecule has 0 radical (unpaired) electrons. The molecule has 2 N–H and O–H groups in total. The minimum atomic E-state index is -0.991. The van der Waals surface area contributed by atoms with Crippen LogP contribution in [0.1, 0.15) is 5.56 Å². The van der Waals surface area contributed by atoms with E-state index < -0.39 is 30.0 Å². The zero-order valence-electron chi connectivity index (χ0n) is 11.7. The number of aliphatic carboxylic acids is 1. The molecule has 0 spiro atoms. The maximum Gasteiger partial charge on any atom is 0.310 e. The average molecular weight is 322 g/mol. The molecule has 0 aliphatic carbocycles. The Labute approximate surface area is 132 Å². The molecule has 2 aliphatic heterocycles. The molecule has 116 valence electrons. The standard InChI is InChI=1S/C16H16ClNO4/c17-10-3-1-9(2-4-10)7-8-18-15(19)13-11-5-6-12(22-11)14(13)16(20)21/h1-6,11-14H,7-8H2,(H,18,19)(H,20,21)/t11-,12-,13-,14-/m1/s1. The quantitative estimate of drug-likeness (QED) is 0.809. The van der Waals surface area contributed by atoms with Crippen LogP contribution in [0.3, 0.4) is 0 Å². The summed E-state index contributed by atoms with van der Waals surface area (Å²) >= 11 is 5.82. The number of hydrogen-bond donors (Lipinski definition) is 2. The zero-order valence-corrected chi connectivity index (χ0v) is 12.5. The number of fused-ring (bicyclic) bond motifs is 2. The van der Waals surface area contributed by atoms with Gasteiger partial charge in [-0.15, -0.1) is 0 Å². The second-order valence-electron chi connectivity index (χ2n) is 5.51. The fourth-order valence-electron chi connectivity index (χ4n) is 3.01. The molecule has 6 heteroatoms. The van der Waals surface area contributed by atoms with Crippen molar-refractivity contribution in [3.63, 3.8) is 0 Å². The fraction of sp³-hybridized carbons (Fsp3) is 0.375. The van der Waals surface area contributed by atoms with E-state index in [1.807, 2.05) is 12.1 Å². The molecule has 22 heavy (non-hydrogen) atoms. The van der Waals surface area contributed by atoms with E-state index in [2.05, 4.69) is 5.32 Å². The summed E-state index contributed by atoms with van der Waals surface area (Å²) in [6.07, 6.45) is 3.24. The van der Waals surface area contributed by atoms with Gasteiger partial charge in [0.1, 0.15) is 5.92 Å². The van der Waals surface area contributed by atoms with Crippen LogP contribution in [0.4, 0.5) is 0 Å². The van der Waals surface area contributed by atoms with Crippen molar-refractivity contribution in [1.29, 1.82) is 0 Å². The summed E-state index contributed by atoms with van der Waals surface area (Å²) in [6.45, 7) is 0.449. The van der Waals surface area contributed by atoms with Crippen LogP contribution in [0.5, 0.6) is 0 Å². The highest BCUT2D eigenvalue weighted by Crippen LogP contribution is 2.39. The second kappa shape index (κ2) is 6.10. The number of carbonyl (C=O) groups excluding carboxylic acids is 1. The van der Waals surface area contributed by atoms with Crippen LogP contribution in [-0.4, -0.2) is 35.7 Å². The van der Waals surface area contributed by atoms with Gasteiger partial charge in [-0.3, -0.25) is 9.59 Å². The number of hydrogen-bond acceptors (Lipinski definition) is 3. The van der Waals surface area contributed by atoms with Gasteiger partial charge >= 0.3 is 5.97 Å². The first-order valence-electron chi connectivity index (χ1n) is 7.15. The summed E-state index contributed by atoms with van der Waals surface area (Å²) in [6, 6.07) is 7.40. The monoisotopic (exact) mass is 321 g/mol. The maximum atomic E-state index is 12.3. The van der Waals surface area contributed by atoms with Gasteiger partial charge in [0.25, 0.3) is 0 Å². The Morgan fingerprint density at radius 2 is 1.77 bits per heavy atom. The summed E-state index contributed by atoms with van der Waals surface area (Å²) in [5, 5.41) is 12.8. The highest BCUT2D eigenvalue weighted by atomic mass is 35.5. The largest absolute Gasteiger partial charge is 0.481 e. The van der Waals surface area contributed by atoms with Gasteiger partial charge < -0.3 is 15.2 Å². The topological polar surface area (TPSA) is 75.6 Å². The molecule has 2 heterocycles. The van der Waals surface area contributed by atoms with E-state index in [0.717, 1.165) is 5.56 Å². The Morgan fingerprint density at radius 1 is 1.14 bits per heavy atom. The van der Waals surface area contributed by atoms with Crippen molar-refractivity contribution in [3.8, 4) is 0 Å². The van der Waals surface area contributed by atoms with Gasteiger partial charge in [-0.1, -0.05) is 35.9 Å². The van der Waals surface area contributed by atoms with Crippen molar-refractivity contribution in [3.05, 3.63) is 47.0 Å². The minimum Gasteiger partial charge on any atom is -0.481 e. The van der Waals surface area contributed by atoms with Crippen molar-refractivity contribution in [2.45, 2.75) is 18.6 Å². The zero-order chi connectivity index (χ0) is 15.7. The molecular weight excluding hydrogens is 306 g/mol. The molecule has 3 rings (SSSR count). The molecule has 0 aromatic heterocycles. The Morgan fingerprint density at radius 3 is 2.41 bits per heavy atom. The van der Waals surface area contributed by atoms with Crippen LogP contribution in [0.15, 0.2) is 36.4 Å². The van der Waals surface area contributed by atoms with Gasteiger partial charge in [0.2, 0.25) is 5.91 Å². The number of halogens is 1. The molecule has 0 saturated carbocycles. The minimum absolute atomic E-state index is 0.266. The number of carbonyl (C=O) groups is 2. The lowest BCUT2D eigenvalue weighted by Crippen LogP contribution is -2.43. The lowest BCUT2D eigenvalue weighted by Gasteiger charge is -2.20. The molecule has 1 aromatic rings. The first-order valence-corrected chi connectivity index (χ1v) is 7.53. The summed E-state index contributed by atoms with van der Waals surface area (Å²) in [5.74, 6) is -2.71. The SMILES string of the molecule is O=C(O)[C@H]1[C@H](C(=O)NCCc2ccc(Cl)cc2)[C@H]2C=C[C@H]1O2. The van der Waals surface area contributed by atoms with Crippen LogP contribution < -0.4 is 5.32 Å². The van der Waals surface area contributed by atoms with Crippen LogP contribution >= 0.6 is 11.6 Å². The highest BCUT2D eigenvalue weighted by Gasteiger charge is 2.53. The number of carboxylic acid groups (broad SMARTS) is 1. The molecule has 4 atom stereocenters. The van der Waals surface area contributed by atoms with E-state index in [0.29, 0.717) is 18.0 Å². The van der Waals surface area contributed by atoms with Crippen LogP contribution in [0.2, 0.25) is 5.02 Å². The highest BCUT2D eigenvalue weighted by molar-refractivity contribution is 6.30. The maximum absolute atomic E-state index is 12.3. The molecular formula is C16H16ClNO4. The van der Waals surface area contributed by atoms with E-state index in [-0.39, 0.29) is 5.91 Å². The smallest absolute Gasteiger partial charge is 0.310 e. The number of amides is 1. The van der Waals surface area contributed by atoms with E-state index in [1.54, 1.807) is 24.3 Å². The third-order valence-corrected chi connectivity index (χ3v) is 4.37.